The quantitative estimate of drug-likeness (QED) is 0.0975. The first-order chi connectivity index (χ1) is 24.0. The highest BCUT2D eigenvalue weighted by molar-refractivity contribution is 5.95. The number of carbonyl (C=O) groups excluding carboxylic acids is 1. The van der Waals surface area contributed by atoms with Crippen LogP contribution in [0.2, 0.25) is 0 Å². The summed E-state index contributed by atoms with van der Waals surface area (Å²) in [4.78, 5) is 24.8. The molecule has 1 saturated heterocycles. The number of anilines is 1. The minimum absolute atomic E-state index is 0.139. The fraction of sp³-hybridized carbons (Fsp3) is 0.474. The summed E-state index contributed by atoms with van der Waals surface area (Å²) in [5.74, 6) is 2.09. The highest BCUT2D eigenvalue weighted by Crippen LogP contribution is 2.35. The molecule has 0 aliphatic carbocycles. The van der Waals surface area contributed by atoms with Gasteiger partial charge in [0.15, 0.2) is 11.6 Å². The Hall–Kier alpha value is -4.32. The largest absolute Gasteiger partial charge is 0.494 e. The minimum atomic E-state index is -0.453. The molecule has 1 aliphatic rings. The summed E-state index contributed by atoms with van der Waals surface area (Å²) in [7, 11) is 2.13. The predicted molar refractivity (Wildman–Crippen MR) is 192 cm³/mol. The SMILES string of the molecule is CCOCCCOCCCCCOc1cccc([C@H](C)NC(=O)c2cccc(NC3(c4nc(-c5ccncc5)n[nH]4)CCN(C)CC3)c2)c1. The van der Waals surface area contributed by atoms with Crippen molar-refractivity contribution in [3.05, 3.63) is 90.0 Å². The standard InChI is InChI=1S/C38H51N7O4/c1-4-47-24-10-25-48-23-6-5-7-26-49-34-14-9-11-31(28-34)29(2)40-36(46)32-12-8-13-33(27-32)42-38(17-21-45(3)22-18-38)37-41-35(43-44-37)30-15-19-39-20-16-30/h8-9,11-16,19-20,27-29,42H,4-7,10,17-18,21-26H2,1-3H3,(H,40,46)(H,41,43,44)/t29-/m0/s1. The molecular weight excluding hydrogens is 618 g/mol. The lowest BCUT2D eigenvalue weighted by Gasteiger charge is -2.40. The molecule has 49 heavy (non-hydrogen) atoms. The third-order valence-corrected chi connectivity index (χ3v) is 8.92. The number of unbranched alkanes of at least 4 members (excludes halogenated alkanes) is 2. The topological polar surface area (TPSA) is 127 Å². The highest BCUT2D eigenvalue weighted by atomic mass is 16.5. The van der Waals surface area contributed by atoms with Gasteiger partial charge >= 0.3 is 0 Å². The zero-order valence-electron chi connectivity index (χ0n) is 29.1. The molecule has 0 saturated carbocycles. The van der Waals surface area contributed by atoms with Crippen LogP contribution in [0.3, 0.4) is 0 Å². The van der Waals surface area contributed by atoms with E-state index in [0.717, 1.165) is 106 Å². The predicted octanol–water partition coefficient (Wildman–Crippen LogP) is 6.38. The lowest BCUT2D eigenvalue weighted by Crippen LogP contribution is -2.46. The molecule has 0 spiro atoms. The molecule has 0 unspecified atom stereocenters. The normalized spacial score (nSPS) is 15.1. The van der Waals surface area contributed by atoms with Gasteiger partial charge in [-0.3, -0.25) is 14.9 Å². The van der Waals surface area contributed by atoms with Crippen molar-refractivity contribution in [3.8, 4) is 17.1 Å². The van der Waals surface area contributed by atoms with Crippen LogP contribution in [-0.2, 0) is 15.0 Å². The summed E-state index contributed by atoms with van der Waals surface area (Å²) in [6, 6.07) is 19.2. The van der Waals surface area contributed by atoms with Crippen LogP contribution in [-0.4, -0.2) is 84.1 Å². The molecule has 0 bridgehead atoms. The molecule has 4 aromatic rings. The molecule has 0 radical (unpaired) electrons. The van der Waals surface area contributed by atoms with Gasteiger partial charge in [-0.05, 0) is 107 Å². The van der Waals surface area contributed by atoms with Crippen LogP contribution in [0, 0.1) is 0 Å². The third kappa shape index (κ3) is 10.6. The number of nitrogens with zero attached hydrogens (tertiary/aromatic N) is 4. The number of nitrogens with one attached hydrogen (secondary N) is 3. The van der Waals surface area contributed by atoms with E-state index in [1.54, 1.807) is 12.4 Å². The van der Waals surface area contributed by atoms with E-state index in [4.69, 9.17) is 19.2 Å². The Kier molecular flexibility index (Phi) is 13.5. The van der Waals surface area contributed by atoms with Gasteiger partial charge in [-0.15, -0.1) is 0 Å². The van der Waals surface area contributed by atoms with Crippen LogP contribution in [0.1, 0.15) is 80.2 Å². The molecule has 262 valence electrons. The van der Waals surface area contributed by atoms with Crippen LogP contribution >= 0.6 is 0 Å². The molecular formula is C38H51N7O4. The Balaban J connectivity index is 1.14. The minimum Gasteiger partial charge on any atom is -0.494 e. The molecule has 11 heteroatoms. The number of amides is 1. The molecule has 3 N–H and O–H groups in total. The number of aromatic nitrogens is 4. The van der Waals surface area contributed by atoms with Crippen molar-refractivity contribution in [1.29, 1.82) is 0 Å². The molecule has 5 rings (SSSR count). The second-order valence-corrected chi connectivity index (χ2v) is 12.7. The first-order valence-electron chi connectivity index (χ1n) is 17.5. The van der Waals surface area contributed by atoms with Crippen LogP contribution in [0.4, 0.5) is 5.69 Å². The fourth-order valence-corrected chi connectivity index (χ4v) is 5.96. The van der Waals surface area contributed by atoms with Crippen molar-refractivity contribution in [2.75, 3.05) is 58.5 Å². The Morgan fingerprint density at radius 2 is 1.69 bits per heavy atom. The Morgan fingerprint density at radius 1 is 0.939 bits per heavy atom. The van der Waals surface area contributed by atoms with Crippen molar-refractivity contribution in [3.63, 3.8) is 0 Å². The highest BCUT2D eigenvalue weighted by Gasteiger charge is 2.39. The van der Waals surface area contributed by atoms with E-state index < -0.39 is 5.54 Å². The van der Waals surface area contributed by atoms with Crippen molar-refractivity contribution in [2.45, 2.75) is 64.0 Å². The van der Waals surface area contributed by atoms with E-state index in [0.29, 0.717) is 18.0 Å². The van der Waals surface area contributed by atoms with Gasteiger partial charge in [0.1, 0.15) is 5.75 Å². The number of pyridine rings is 1. The van der Waals surface area contributed by atoms with Gasteiger partial charge in [0, 0.05) is 68.7 Å². The lowest BCUT2D eigenvalue weighted by atomic mass is 9.86. The van der Waals surface area contributed by atoms with Gasteiger partial charge in [0.05, 0.1) is 18.2 Å². The number of hydrogen-bond donors (Lipinski definition) is 3. The Bertz CT molecular complexity index is 1570. The monoisotopic (exact) mass is 669 g/mol. The van der Waals surface area contributed by atoms with Crippen LogP contribution in [0.15, 0.2) is 73.1 Å². The van der Waals surface area contributed by atoms with Crippen LogP contribution in [0.25, 0.3) is 11.4 Å². The zero-order valence-corrected chi connectivity index (χ0v) is 29.1. The molecule has 1 atom stereocenters. The van der Waals surface area contributed by atoms with Gasteiger partial charge in [-0.2, -0.15) is 5.10 Å². The molecule has 1 fully saturated rings. The maximum absolute atomic E-state index is 13.5. The van der Waals surface area contributed by atoms with Gasteiger partial charge in [0.2, 0.25) is 0 Å². The van der Waals surface area contributed by atoms with Crippen LogP contribution < -0.4 is 15.4 Å². The molecule has 2 aromatic carbocycles. The van der Waals surface area contributed by atoms with Gasteiger partial charge in [0.25, 0.3) is 5.91 Å². The van der Waals surface area contributed by atoms with Crippen LogP contribution in [0.5, 0.6) is 5.75 Å². The molecule has 2 aromatic heterocycles. The second kappa shape index (κ2) is 18.4. The maximum atomic E-state index is 13.5. The number of hydrogen-bond acceptors (Lipinski definition) is 9. The maximum Gasteiger partial charge on any atom is 0.251 e. The smallest absolute Gasteiger partial charge is 0.251 e. The zero-order chi connectivity index (χ0) is 34.3. The number of aromatic amines is 1. The van der Waals surface area contributed by atoms with Crippen molar-refractivity contribution < 1.29 is 19.0 Å². The second-order valence-electron chi connectivity index (χ2n) is 12.7. The summed E-state index contributed by atoms with van der Waals surface area (Å²) < 4.78 is 17.0. The number of rotatable bonds is 19. The molecule has 1 aliphatic heterocycles. The summed E-state index contributed by atoms with van der Waals surface area (Å²) in [5, 5.41) is 14.7. The molecule has 1 amide bonds. The third-order valence-electron chi connectivity index (χ3n) is 8.92. The molecule has 11 nitrogen and oxygen atoms in total. The fourth-order valence-electron chi connectivity index (χ4n) is 5.96. The molecule has 3 heterocycles. The average Bonchev–Trinajstić information content (AvgIpc) is 3.64. The number of carbonyl (C=O) groups is 1. The van der Waals surface area contributed by atoms with E-state index in [9.17, 15) is 4.79 Å². The van der Waals surface area contributed by atoms with E-state index in [2.05, 4.69) is 37.8 Å². The van der Waals surface area contributed by atoms with E-state index in [1.807, 2.05) is 74.5 Å². The number of benzene rings is 2. The lowest BCUT2D eigenvalue weighted by molar-refractivity contribution is 0.0857. The summed E-state index contributed by atoms with van der Waals surface area (Å²) in [5.41, 5.74) is 2.88. The summed E-state index contributed by atoms with van der Waals surface area (Å²) in [6.45, 7) is 9.48. The Morgan fingerprint density at radius 3 is 2.51 bits per heavy atom. The number of likely N-dealkylation sites (tertiary alicyclic amines) is 1. The van der Waals surface area contributed by atoms with Gasteiger partial charge in [-0.1, -0.05) is 18.2 Å². The van der Waals surface area contributed by atoms with Gasteiger partial charge in [-0.25, -0.2) is 4.98 Å². The number of ether oxygens (including phenoxy) is 3. The first kappa shape index (κ1) is 36.0. The first-order valence-corrected chi connectivity index (χ1v) is 17.5. The number of piperidine rings is 1. The van der Waals surface area contributed by atoms with Crippen molar-refractivity contribution >= 4 is 11.6 Å². The van der Waals surface area contributed by atoms with Crippen molar-refractivity contribution in [1.82, 2.24) is 30.4 Å². The van der Waals surface area contributed by atoms with E-state index >= 15 is 0 Å². The summed E-state index contributed by atoms with van der Waals surface area (Å²) >= 11 is 0. The van der Waals surface area contributed by atoms with E-state index in [1.165, 1.54) is 0 Å². The summed E-state index contributed by atoms with van der Waals surface area (Å²) in [6.07, 6.45) is 9.12. The van der Waals surface area contributed by atoms with E-state index in [-0.39, 0.29) is 11.9 Å². The van der Waals surface area contributed by atoms with Gasteiger partial charge < -0.3 is 29.7 Å². The number of H-pyrrole nitrogens is 1. The van der Waals surface area contributed by atoms with Crippen molar-refractivity contribution in [2.24, 2.45) is 0 Å². The average molecular weight is 670 g/mol. The Labute approximate surface area is 290 Å².